The van der Waals surface area contributed by atoms with Crippen LogP contribution in [0.25, 0.3) is 0 Å². The van der Waals surface area contributed by atoms with E-state index >= 15 is 0 Å². The Morgan fingerprint density at radius 3 is 2.70 bits per heavy atom. The monoisotopic (exact) mass is 299 g/mol. The summed E-state index contributed by atoms with van der Waals surface area (Å²) < 4.78 is 32.7. The molecule has 0 aromatic heterocycles. The van der Waals surface area contributed by atoms with Crippen molar-refractivity contribution < 1.29 is 18.3 Å². The quantitative estimate of drug-likeness (QED) is 0.867. The predicted molar refractivity (Wildman–Crippen MR) is 76.0 cm³/mol. The molecular weight excluding hydrogens is 278 g/mol. The van der Waals surface area contributed by atoms with Crippen molar-refractivity contribution in [1.29, 1.82) is 0 Å². The van der Waals surface area contributed by atoms with E-state index in [1.807, 2.05) is 0 Å². The molecular formula is C14H21NO4S. The van der Waals surface area contributed by atoms with E-state index in [-0.39, 0.29) is 23.3 Å². The lowest BCUT2D eigenvalue weighted by Crippen LogP contribution is -2.33. The van der Waals surface area contributed by atoms with Crippen LogP contribution >= 0.6 is 0 Å². The van der Waals surface area contributed by atoms with Crippen LogP contribution in [0.1, 0.15) is 31.7 Å². The maximum Gasteiger partial charge on any atom is 0.244 e. The Labute approximate surface area is 120 Å². The van der Waals surface area contributed by atoms with Crippen LogP contribution in [0.15, 0.2) is 23.1 Å². The van der Waals surface area contributed by atoms with Crippen LogP contribution in [0.5, 0.6) is 5.75 Å². The normalized spacial score (nSPS) is 22.9. The molecule has 0 amide bonds. The molecule has 1 saturated carbocycles. The minimum atomic E-state index is -3.59. The summed E-state index contributed by atoms with van der Waals surface area (Å²) in [5.41, 5.74) is 0.621. The summed E-state index contributed by atoms with van der Waals surface area (Å²) in [6, 6.07) is 4.61. The summed E-state index contributed by atoms with van der Waals surface area (Å²) in [6.07, 6.45) is 2.79. The number of ether oxygens (including phenoxy) is 1. The van der Waals surface area contributed by atoms with Crippen molar-refractivity contribution in [2.45, 2.75) is 43.7 Å². The van der Waals surface area contributed by atoms with Crippen LogP contribution in [-0.4, -0.2) is 26.7 Å². The lowest BCUT2D eigenvalue weighted by atomic mass is 10.1. The highest BCUT2D eigenvalue weighted by Crippen LogP contribution is 2.29. The van der Waals surface area contributed by atoms with Crippen LogP contribution in [0.3, 0.4) is 0 Å². The van der Waals surface area contributed by atoms with Crippen LogP contribution in [-0.2, 0) is 16.6 Å². The Morgan fingerprint density at radius 1 is 1.40 bits per heavy atom. The summed E-state index contributed by atoms with van der Waals surface area (Å²) in [7, 11) is -2.17. The van der Waals surface area contributed by atoms with Crippen molar-refractivity contribution >= 4 is 10.0 Å². The fourth-order valence-corrected chi connectivity index (χ4v) is 4.06. The number of hydrogen-bond acceptors (Lipinski definition) is 4. The minimum absolute atomic E-state index is 0.00257. The largest absolute Gasteiger partial charge is 0.495 e. The van der Waals surface area contributed by atoms with E-state index in [1.165, 1.54) is 13.2 Å². The average molecular weight is 299 g/mol. The molecule has 20 heavy (non-hydrogen) atoms. The summed E-state index contributed by atoms with van der Waals surface area (Å²) in [5.74, 6) is 0.816. The summed E-state index contributed by atoms with van der Waals surface area (Å²) >= 11 is 0. The SMILES string of the molecule is COc1cc(CO)ccc1S(=O)(=O)NC1CCC(C)C1. The molecule has 0 heterocycles. The van der Waals surface area contributed by atoms with E-state index in [0.717, 1.165) is 19.3 Å². The van der Waals surface area contributed by atoms with Gasteiger partial charge in [-0.15, -0.1) is 0 Å². The van der Waals surface area contributed by atoms with E-state index in [2.05, 4.69) is 11.6 Å². The highest BCUT2D eigenvalue weighted by atomic mass is 32.2. The molecule has 112 valence electrons. The van der Waals surface area contributed by atoms with Crippen LogP contribution in [0.2, 0.25) is 0 Å². The minimum Gasteiger partial charge on any atom is -0.495 e. The van der Waals surface area contributed by atoms with E-state index in [0.29, 0.717) is 11.5 Å². The van der Waals surface area contributed by atoms with E-state index in [4.69, 9.17) is 9.84 Å². The molecule has 1 aliphatic rings. The molecule has 1 aliphatic carbocycles. The second-order valence-corrected chi connectivity index (χ2v) is 7.06. The molecule has 0 bridgehead atoms. The van der Waals surface area contributed by atoms with E-state index in [9.17, 15) is 8.42 Å². The first-order valence-corrected chi connectivity index (χ1v) is 8.24. The highest BCUT2D eigenvalue weighted by molar-refractivity contribution is 7.89. The van der Waals surface area contributed by atoms with Gasteiger partial charge in [0.2, 0.25) is 10.0 Å². The third-order valence-corrected chi connectivity index (χ3v) is 5.28. The van der Waals surface area contributed by atoms with Crippen molar-refractivity contribution in [3.63, 3.8) is 0 Å². The van der Waals surface area contributed by atoms with Gasteiger partial charge in [0.1, 0.15) is 10.6 Å². The standard InChI is InChI=1S/C14H21NO4S/c1-10-3-5-12(7-10)15-20(17,18)14-6-4-11(9-16)8-13(14)19-2/h4,6,8,10,12,15-16H,3,5,7,9H2,1-2H3. The molecule has 0 saturated heterocycles. The van der Waals surface area contributed by atoms with Gasteiger partial charge >= 0.3 is 0 Å². The smallest absolute Gasteiger partial charge is 0.244 e. The molecule has 2 rings (SSSR count). The molecule has 0 spiro atoms. The van der Waals surface area contributed by atoms with Crippen LogP contribution in [0.4, 0.5) is 0 Å². The Kier molecular flexibility index (Phi) is 4.67. The maximum atomic E-state index is 12.4. The average Bonchev–Trinajstić information content (AvgIpc) is 2.82. The first-order valence-electron chi connectivity index (χ1n) is 6.76. The molecule has 6 heteroatoms. The lowest BCUT2D eigenvalue weighted by Gasteiger charge is -2.15. The fourth-order valence-electron chi connectivity index (χ4n) is 2.63. The zero-order valence-electron chi connectivity index (χ0n) is 11.8. The van der Waals surface area contributed by atoms with E-state index in [1.54, 1.807) is 12.1 Å². The number of nitrogens with one attached hydrogen (secondary N) is 1. The zero-order chi connectivity index (χ0) is 14.8. The molecule has 0 aliphatic heterocycles. The molecule has 2 atom stereocenters. The Morgan fingerprint density at radius 2 is 2.15 bits per heavy atom. The van der Waals surface area contributed by atoms with Crippen molar-refractivity contribution in [1.82, 2.24) is 4.72 Å². The number of aliphatic hydroxyl groups is 1. The van der Waals surface area contributed by atoms with Crippen molar-refractivity contribution in [3.8, 4) is 5.75 Å². The van der Waals surface area contributed by atoms with Crippen molar-refractivity contribution in [3.05, 3.63) is 23.8 Å². The van der Waals surface area contributed by atoms with Gasteiger partial charge < -0.3 is 9.84 Å². The first-order chi connectivity index (χ1) is 9.46. The molecule has 0 radical (unpaired) electrons. The Balaban J connectivity index is 2.24. The molecule has 1 aromatic carbocycles. The molecule has 5 nitrogen and oxygen atoms in total. The zero-order valence-corrected chi connectivity index (χ0v) is 12.6. The van der Waals surface area contributed by atoms with Gasteiger partial charge in [-0.3, -0.25) is 0 Å². The Bertz CT molecular complexity index is 571. The van der Waals surface area contributed by atoms with E-state index < -0.39 is 10.0 Å². The fraction of sp³-hybridized carbons (Fsp3) is 0.571. The van der Waals surface area contributed by atoms with Gasteiger partial charge in [-0.2, -0.15) is 0 Å². The van der Waals surface area contributed by atoms with Crippen LogP contribution in [0, 0.1) is 5.92 Å². The van der Waals surface area contributed by atoms with Gasteiger partial charge in [0.25, 0.3) is 0 Å². The maximum absolute atomic E-state index is 12.4. The second-order valence-electron chi connectivity index (χ2n) is 5.38. The van der Waals surface area contributed by atoms with Gasteiger partial charge in [0.15, 0.2) is 0 Å². The van der Waals surface area contributed by atoms with Gasteiger partial charge in [0, 0.05) is 6.04 Å². The molecule has 2 N–H and O–H groups in total. The molecule has 1 aromatic rings. The Hall–Kier alpha value is -1.11. The first kappa shape index (κ1) is 15.3. The number of rotatable bonds is 5. The number of hydrogen-bond donors (Lipinski definition) is 2. The summed E-state index contributed by atoms with van der Waals surface area (Å²) in [5, 5.41) is 9.09. The van der Waals surface area contributed by atoms with Gasteiger partial charge in [0.05, 0.1) is 13.7 Å². The third kappa shape index (κ3) is 3.31. The summed E-state index contributed by atoms with van der Waals surface area (Å²) in [4.78, 5) is 0.122. The van der Waals surface area contributed by atoms with Gasteiger partial charge in [-0.1, -0.05) is 13.0 Å². The summed E-state index contributed by atoms with van der Waals surface area (Å²) in [6.45, 7) is 1.98. The van der Waals surface area contributed by atoms with Crippen molar-refractivity contribution in [2.24, 2.45) is 5.92 Å². The van der Waals surface area contributed by atoms with Crippen LogP contribution < -0.4 is 9.46 Å². The topological polar surface area (TPSA) is 75.6 Å². The molecule has 1 fully saturated rings. The third-order valence-electron chi connectivity index (χ3n) is 3.72. The number of methoxy groups -OCH3 is 1. The molecule has 2 unspecified atom stereocenters. The number of sulfonamides is 1. The predicted octanol–water partition coefficient (Wildman–Crippen LogP) is 1.65. The number of aliphatic hydroxyl groups excluding tert-OH is 1. The number of benzene rings is 1. The second kappa shape index (κ2) is 6.11. The highest BCUT2D eigenvalue weighted by Gasteiger charge is 2.28. The lowest BCUT2D eigenvalue weighted by molar-refractivity contribution is 0.280. The van der Waals surface area contributed by atoms with Crippen molar-refractivity contribution in [2.75, 3.05) is 7.11 Å². The van der Waals surface area contributed by atoms with Gasteiger partial charge in [-0.25, -0.2) is 13.1 Å². The van der Waals surface area contributed by atoms with Gasteiger partial charge in [-0.05, 0) is 42.9 Å².